The van der Waals surface area contributed by atoms with Crippen molar-refractivity contribution in [1.82, 2.24) is 9.78 Å². The summed E-state index contributed by atoms with van der Waals surface area (Å²) in [5.41, 5.74) is 7.40. The van der Waals surface area contributed by atoms with E-state index in [1.165, 1.54) is 0 Å². The Morgan fingerprint density at radius 2 is 2.23 bits per heavy atom. The van der Waals surface area contributed by atoms with E-state index in [0.717, 1.165) is 10.2 Å². The lowest BCUT2D eigenvalue weighted by molar-refractivity contribution is 0.882. The van der Waals surface area contributed by atoms with Gasteiger partial charge >= 0.3 is 0 Å². The highest BCUT2D eigenvalue weighted by Crippen LogP contribution is 2.21. The predicted octanol–water partition coefficient (Wildman–Crippen LogP) is 2.22. The Labute approximate surface area is 84.3 Å². The summed E-state index contributed by atoms with van der Waals surface area (Å²) >= 11 is 3.39. The lowest BCUT2D eigenvalue weighted by Gasteiger charge is -2.05. The molecule has 0 saturated carbocycles. The SMILES string of the molecule is Nc1ccc(Br)cc1-n1cccn1. The van der Waals surface area contributed by atoms with Crippen LogP contribution in [0.5, 0.6) is 0 Å². The summed E-state index contributed by atoms with van der Waals surface area (Å²) in [7, 11) is 0. The van der Waals surface area contributed by atoms with Gasteiger partial charge in [-0.15, -0.1) is 0 Å². The van der Waals surface area contributed by atoms with Crippen LogP contribution in [-0.4, -0.2) is 9.78 Å². The molecule has 0 saturated heterocycles. The smallest absolute Gasteiger partial charge is 0.0885 e. The summed E-state index contributed by atoms with van der Waals surface area (Å²) in [6.45, 7) is 0. The maximum Gasteiger partial charge on any atom is 0.0885 e. The zero-order chi connectivity index (χ0) is 9.26. The molecule has 2 N–H and O–H groups in total. The summed E-state index contributed by atoms with van der Waals surface area (Å²) in [5, 5.41) is 4.10. The van der Waals surface area contributed by atoms with Crippen molar-refractivity contribution in [2.45, 2.75) is 0 Å². The van der Waals surface area contributed by atoms with Crippen molar-refractivity contribution in [3.05, 3.63) is 41.1 Å². The van der Waals surface area contributed by atoms with Gasteiger partial charge in [0.15, 0.2) is 0 Å². The van der Waals surface area contributed by atoms with Crippen LogP contribution in [0.25, 0.3) is 5.69 Å². The zero-order valence-corrected chi connectivity index (χ0v) is 8.40. The van der Waals surface area contributed by atoms with E-state index in [-0.39, 0.29) is 0 Å². The molecule has 2 aromatic rings. The minimum Gasteiger partial charge on any atom is -0.397 e. The minimum atomic E-state index is 0.715. The summed E-state index contributed by atoms with van der Waals surface area (Å²) in [6.07, 6.45) is 3.58. The molecule has 0 aliphatic heterocycles. The summed E-state index contributed by atoms with van der Waals surface area (Å²) in [5.74, 6) is 0. The topological polar surface area (TPSA) is 43.8 Å². The number of halogens is 1. The molecule has 0 amide bonds. The van der Waals surface area contributed by atoms with Crippen molar-refractivity contribution in [3.8, 4) is 5.69 Å². The lowest BCUT2D eigenvalue weighted by atomic mass is 10.3. The number of nitrogens with two attached hydrogens (primary N) is 1. The molecule has 2 rings (SSSR count). The molecule has 0 atom stereocenters. The molecule has 1 aromatic carbocycles. The van der Waals surface area contributed by atoms with E-state index in [1.54, 1.807) is 10.9 Å². The molecule has 1 aromatic heterocycles. The molecule has 1 heterocycles. The molecule has 3 nitrogen and oxygen atoms in total. The molecule has 0 spiro atoms. The predicted molar refractivity (Wildman–Crippen MR) is 55.7 cm³/mol. The third kappa shape index (κ3) is 1.58. The van der Waals surface area contributed by atoms with Crippen molar-refractivity contribution < 1.29 is 0 Å². The van der Waals surface area contributed by atoms with Crippen molar-refractivity contribution >= 4 is 21.6 Å². The van der Waals surface area contributed by atoms with Crippen LogP contribution in [-0.2, 0) is 0 Å². The van der Waals surface area contributed by atoms with E-state index in [4.69, 9.17) is 5.73 Å². The normalized spacial score (nSPS) is 10.2. The second kappa shape index (κ2) is 3.22. The van der Waals surface area contributed by atoms with Crippen molar-refractivity contribution in [3.63, 3.8) is 0 Å². The lowest BCUT2D eigenvalue weighted by Crippen LogP contribution is -1.99. The number of anilines is 1. The third-order valence-corrected chi connectivity index (χ3v) is 2.24. The van der Waals surface area contributed by atoms with Gasteiger partial charge in [-0.05, 0) is 24.3 Å². The summed E-state index contributed by atoms with van der Waals surface area (Å²) in [4.78, 5) is 0. The van der Waals surface area contributed by atoms with Gasteiger partial charge in [0.1, 0.15) is 0 Å². The van der Waals surface area contributed by atoms with E-state index in [9.17, 15) is 0 Å². The van der Waals surface area contributed by atoms with Gasteiger partial charge in [-0.1, -0.05) is 15.9 Å². The molecule has 0 aliphatic carbocycles. The van der Waals surface area contributed by atoms with E-state index in [2.05, 4.69) is 21.0 Å². The fraction of sp³-hybridized carbons (Fsp3) is 0. The van der Waals surface area contributed by atoms with E-state index < -0.39 is 0 Å². The van der Waals surface area contributed by atoms with Crippen LogP contribution in [0.3, 0.4) is 0 Å². The van der Waals surface area contributed by atoms with Gasteiger partial charge in [0.05, 0.1) is 11.4 Å². The quantitative estimate of drug-likeness (QED) is 0.774. The van der Waals surface area contributed by atoms with E-state index in [0.29, 0.717) is 5.69 Å². The van der Waals surface area contributed by atoms with Gasteiger partial charge in [0, 0.05) is 16.9 Å². The third-order valence-electron chi connectivity index (χ3n) is 1.74. The molecule has 0 bridgehead atoms. The monoisotopic (exact) mass is 237 g/mol. The van der Waals surface area contributed by atoms with Crippen LogP contribution in [0.2, 0.25) is 0 Å². The van der Waals surface area contributed by atoms with Gasteiger partial charge in [0.25, 0.3) is 0 Å². The molecule has 0 aliphatic rings. The average molecular weight is 238 g/mol. The van der Waals surface area contributed by atoms with Gasteiger partial charge in [-0.2, -0.15) is 5.10 Å². The molecule has 0 fully saturated rings. The number of benzene rings is 1. The molecular weight excluding hydrogens is 230 g/mol. The van der Waals surface area contributed by atoms with Crippen LogP contribution in [0.1, 0.15) is 0 Å². The Balaban J connectivity index is 2.57. The van der Waals surface area contributed by atoms with Gasteiger partial charge in [-0.3, -0.25) is 0 Å². The second-order valence-electron chi connectivity index (χ2n) is 2.65. The van der Waals surface area contributed by atoms with Gasteiger partial charge < -0.3 is 5.73 Å². The van der Waals surface area contributed by atoms with Crippen LogP contribution < -0.4 is 5.73 Å². The first-order valence-corrected chi connectivity index (χ1v) is 4.62. The zero-order valence-electron chi connectivity index (χ0n) is 6.81. The Bertz CT molecular complexity index is 409. The number of rotatable bonds is 1. The highest BCUT2D eigenvalue weighted by Gasteiger charge is 2.01. The summed E-state index contributed by atoms with van der Waals surface area (Å²) in [6, 6.07) is 7.55. The van der Waals surface area contributed by atoms with Crippen molar-refractivity contribution in [2.75, 3.05) is 5.73 Å². The number of nitrogens with zero attached hydrogens (tertiary/aromatic N) is 2. The Hall–Kier alpha value is -1.29. The van der Waals surface area contributed by atoms with E-state index >= 15 is 0 Å². The Morgan fingerprint density at radius 1 is 1.38 bits per heavy atom. The van der Waals surface area contributed by atoms with Crippen LogP contribution in [0.15, 0.2) is 41.1 Å². The number of aromatic nitrogens is 2. The summed E-state index contributed by atoms with van der Waals surface area (Å²) < 4.78 is 2.73. The maximum atomic E-state index is 5.80. The first-order chi connectivity index (χ1) is 6.27. The van der Waals surface area contributed by atoms with Crippen LogP contribution in [0.4, 0.5) is 5.69 Å². The van der Waals surface area contributed by atoms with Crippen LogP contribution >= 0.6 is 15.9 Å². The highest BCUT2D eigenvalue weighted by atomic mass is 79.9. The van der Waals surface area contributed by atoms with Gasteiger partial charge in [-0.25, -0.2) is 4.68 Å². The number of hydrogen-bond acceptors (Lipinski definition) is 2. The Kier molecular flexibility index (Phi) is 2.06. The molecule has 0 unspecified atom stereocenters. The molecular formula is C9H8BrN3. The second-order valence-corrected chi connectivity index (χ2v) is 3.57. The standard InChI is InChI=1S/C9H8BrN3/c10-7-2-3-8(11)9(6-7)13-5-1-4-12-13/h1-6H,11H2. The molecule has 0 radical (unpaired) electrons. The van der Waals surface area contributed by atoms with Gasteiger partial charge in [0.2, 0.25) is 0 Å². The van der Waals surface area contributed by atoms with Crippen LogP contribution in [0, 0.1) is 0 Å². The van der Waals surface area contributed by atoms with Crippen molar-refractivity contribution in [2.24, 2.45) is 0 Å². The Morgan fingerprint density at radius 3 is 2.92 bits per heavy atom. The first kappa shape index (κ1) is 8.31. The molecule has 66 valence electrons. The van der Waals surface area contributed by atoms with E-state index in [1.807, 2.05) is 30.5 Å². The molecule has 13 heavy (non-hydrogen) atoms. The first-order valence-electron chi connectivity index (χ1n) is 3.82. The maximum absolute atomic E-state index is 5.80. The number of nitrogen functional groups attached to an aromatic ring is 1. The fourth-order valence-corrected chi connectivity index (χ4v) is 1.48. The van der Waals surface area contributed by atoms with Crippen molar-refractivity contribution in [1.29, 1.82) is 0 Å². The minimum absolute atomic E-state index is 0.715. The largest absolute Gasteiger partial charge is 0.397 e. The number of hydrogen-bond donors (Lipinski definition) is 1. The average Bonchev–Trinajstić information content (AvgIpc) is 2.61. The molecule has 4 heteroatoms. The fourth-order valence-electron chi connectivity index (χ4n) is 1.13. The highest BCUT2D eigenvalue weighted by molar-refractivity contribution is 9.10.